The van der Waals surface area contributed by atoms with Gasteiger partial charge < -0.3 is 14.5 Å². The van der Waals surface area contributed by atoms with Crippen molar-refractivity contribution in [2.24, 2.45) is 0 Å². The van der Waals surface area contributed by atoms with Gasteiger partial charge in [0.2, 0.25) is 0 Å². The summed E-state index contributed by atoms with van der Waals surface area (Å²) in [5, 5.41) is 0.875. The Morgan fingerprint density at radius 2 is 1.88 bits per heavy atom. The molecule has 0 saturated carbocycles. The number of hydrogen-bond acceptors (Lipinski definition) is 4. The minimum Gasteiger partial charge on any atom is -0.494 e. The number of aldehydes is 1. The van der Waals surface area contributed by atoms with E-state index in [1.807, 2.05) is 37.3 Å². The van der Waals surface area contributed by atoms with Crippen LogP contribution in [0.5, 0.6) is 5.75 Å². The lowest BCUT2D eigenvalue weighted by molar-refractivity contribution is 0.0521. The summed E-state index contributed by atoms with van der Waals surface area (Å²) in [6.07, 6.45) is 1.71. The van der Waals surface area contributed by atoms with Gasteiger partial charge in [-0.3, -0.25) is 4.79 Å². The number of carbonyl (C=O) groups excluding carboxylic acids is 2. The van der Waals surface area contributed by atoms with Gasteiger partial charge in [-0.2, -0.15) is 0 Å². The van der Waals surface area contributed by atoms with Crippen molar-refractivity contribution in [2.45, 2.75) is 20.3 Å². The van der Waals surface area contributed by atoms with E-state index >= 15 is 0 Å². The highest BCUT2D eigenvalue weighted by atomic mass is 16.5. The first-order valence-electron chi connectivity index (χ1n) is 8.69. The van der Waals surface area contributed by atoms with Crippen LogP contribution < -0.4 is 4.74 Å². The fourth-order valence-electron chi connectivity index (χ4n) is 2.87. The summed E-state index contributed by atoms with van der Waals surface area (Å²) in [6, 6.07) is 12.8. The fraction of sp³-hybridized carbons (Fsp3) is 0.238. The third kappa shape index (κ3) is 3.47. The molecule has 5 heteroatoms. The Morgan fingerprint density at radius 3 is 2.54 bits per heavy atom. The van der Waals surface area contributed by atoms with Gasteiger partial charge in [0.1, 0.15) is 17.7 Å². The number of aromatic amines is 1. The van der Waals surface area contributed by atoms with Gasteiger partial charge >= 0.3 is 5.97 Å². The molecule has 0 radical (unpaired) electrons. The number of hydrogen-bond donors (Lipinski definition) is 1. The molecular weight excluding hydrogens is 330 g/mol. The summed E-state index contributed by atoms with van der Waals surface area (Å²) in [4.78, 5) is 26.5. The Bertz CT molecular complexity index is 925. The summed E-state index contributed by atoms with van der Waals surface area (Å²) in [5.41, 5.74) is 3.38. The number of benzene rings is 2. The van der Waals surface area contributed by atoms with Crippen LogP contribution in [0.25, 0.3) is 22.0 Å². The average molecular weight is 351 g/mol. The molecule has 134 valence electrons. The molecule has 2 aromatic carbocycles. The molecule has 5 nitrogen and oxygen atoms in total. The van der Waals surface area contributed by atoms with Crippen molar-refractivity contribution in [1.29, 1.82) is 0 Å². The molecule has 3 aromatic rings. The Kier molecular flexibility index (Phi) is 5.37. The SMILES string of the molecule is CCCOc1ccc2[nH]c(C(=O)OCC)c(-c3ccc(C=O)cc3)c2c1. The number of fused-ring (bicyclic) bond motifs is 1. The number of rotatable bonds is 7. The van der Waals surface area contributed by atoms with Crippen molar-refractivity contribution in [3.63, 3.8) is 0 Å². The second-order valence-corrected chi connectivity index (χ2v) is 5.89. The molecule has 0 aliphatic rings. The van der Waals surface area contributed by atoms with E-state index < -0.39 is 5.97 Å². The molecule has 1 aromatic heterocycles. The molecule has 0 bridgehead atoms. The summed E-state index contributed by atoms with van der Waals surface area (Å²) in [7, 11) is 0. The van der Waals surface area contributed by atoms with Gasteiger partial charge in [0, 0.05) is 22.0 Å². The molecule has 3 rings (SSSR count). The van der Waals surface area contributed by atoms with Crippen LogP contribution in [0, 0.1) is 0 Å². The van der Waals surface area contributed by atoms with E-state index in [9.17, 15) is 9.59 Å². The first kappa shape index (κ1) is 17.7. The van der Waals surface area contributed by atoms with Crippen LogP contribution in [0.2, 0.25) is 0 Å². The van der Waals surface area contributed by atoms with Gasteiger partial charge in [-0.15, -0.1) is 0 Å². The van der Waals surface area contributed by atoms with Crippen LogP contribution in [0.15, 0.2) is 42.5 Å². The highest BCUT2D eigenvalue weighted by Crippen LogP contribution is 2.35. The van der Waals surface area contributed by atoms with Gasteiger partial charge in [0.05, 0.1) is 13.2 Å². The van der Waals surface area contributed by atoms with Crippen LogP contribution in [0.4, 0.5) is 0 Å². The van der Waals surface area contributed by atoms with E-state index in [1.165, 1.54) is 0 Å². The van der Waals surface area contributed by atoms with Crippen molar-refractivity contribution in [3.05, 3.63) is 53.7 Å². The summed E-state index contributed by atoms with van der Waals surface area (Å²) in [5.74, 6) is 0.341. The number of esters is 1. The molecule has 0 unspecified atom stereocenters. The number of nitrogens with one attached hydrogen (secondary N) is 1. The summed E-state index contributed by atoms with van der Waals surface area (Å²) < 4.78 is 10.9. The van der Waals surface area contributed by atoms with Crippen LogP contribution in [-0.2, 0) is 4.74 Å². The molecule has 0 spiro atoms. The van der Waals surface area contributed by atoms with E-state index in [1.54, 1.807) is 19.1 Å². The Morgan fingerprint density at radius 1 is 1.12 bits per heavy atom. The largest absolute Gasteiger partial charge is 0.494 e. The van der Waals surface area contributed by atoms with Gasteiger partial charge in [-0.1, -0.05) is 31.2 Å². The predicted octanol–water partition coefficient (Wildman–Crippen LogP) is 4.61. The predicted molar refractivity (Wildman–Crippen MR) is 101 cm³/mol. The quantitative estimate of drug-likeness (QED) is 0.498. The Hall–Kier alpha value is -3.08. The van der Waals surface area contributed by atoms with E-state index in [0.29, 0.717) is 24.5 Å². The van der Waals surface area contributed by atoms with Crippen LogP contribution >= 0.6 is 0 Å². The third-order valence-electron chi connectivity index (χ3n) is 4.06. The average Bonchev–Trinajstić information content (AvgIpc) is 3.05. The zero-order valence-corrected chi connectivity index (χ0v) is 14.9. The lowest BCUT2D eigenvalue weighted by Crippen LogP contribution is -2.06. The van der Waals surface area contributed by atoms with Crippen molar-refractivity contribution in [2.75, 3.05) is 13.2 Å². The zero-order chi connectivity index (χ0) is 18.5. The highest BCUT2D eigenvalue weighted by Gasteiger charge is 2.20. The maximum atomic E-state index is 12.4. The monoisotopic (exact) mass is 351 g/mol. The highest BCUT2D eigenvalue weighted by molar-refractivity contribution is 6.08. The molecular formula is C21H21NO4. The first-order chi connectivity index (χ1) is 12.7. The molecule has 1 heterocycles. The van der Waals surface area contributed by atoms with E-state index in [2.05, 4.69) is 4.98 Å². The molecule has 0 amide bonds. The first-order valence-corrected chi connectivity index (χ1v) is 8.69. The Labute approximate surface area is 151 Å². The van der Waals surface area contributed by atoms with Gasteiger partial charge in [-0.05, 0) is 37.1 Å². The van der Waals surface area contributed by atoms with Crippen molar-refractivity contribution in [1.82, 2.24) is 4.98 Å². The van der Waals surface area contributed by atoms with E-state index in [0.717, 1.165) is 40.5 Å². The van der Waals surface area contributed by atoms with Crippen LogP contribution in [0.3, 0.4) is 0 Å². The second kappa shape index (κ2) is 7.87. The molecule has 26 heavy (non-hydrogen) atoms. The number of aromatic nitrogens is 1. The second-order valence-electron chi connectivity index (χ2n) is 5.89. The number of carbonyl (C=O) groups is 2. The van der Waals surface area contributed by atoms with Crippen molar-refractivity contribution >= 4 is 23.2 Å². The van der Waals surface area contributed by atoms with Crippen LogP contribution in [0.1, 0.15) is 41.1 Å². The molecule has 0 aliphatic heterocycles. The Balaban J connectivity index is 2.17. The lowest BCUT2D eigenvalue weighted by Gasteiger charge is -2.07. The molecule has 1 N–H and O–H groups in total. The minimum absolute atomic E-state index is 0.294. The van der Waals surface area contributed by atoms with E-state index in [-0.39, 0.29) is 0 Å². The van der Waals surface area contributed by atoms with Crippen molar-refractivity contribution in [3.8, 4) is 16.9 Å². The maximum Gasteiger partial charge on any atom is 0.355 e. The fourth-order valence-corrected chi connectivity index (χ4v) is 2.87. The molecule has 0 saturated heterocycles. The maximum absolute atomic E-state index is 12.4. The topological polar surface area (TPSA) is 68.4 Å². The van der Waals surface area contributed by atoms with Gasteiger partial charge in [-0.25, -0.2) is 4.79 Å². The molecule has 0 atom stereocenters. The zero-order valence-electron chi connectivity index (χ0n) is 14.9. The van der Waals surface area contributed by atoms with Crippen molar-refractivity contribution < 1.29 is 19.1 Å². The minimum atomic E-state index is -0.408. The van der Waals surface area contributed by atoms with E-state index in [4.69, 9.17) is 9.47 Å². The molecule has 0 fully saturated rings. The summed E-state index contributed by atoms with van der Waals surface area (Å²) in [6.45, 7) is 4.75. The lowest BCUT2D eigenvalue weighted by atomic mass is 10.0. The number of H-pyrrole nitrogens is 1. The normalized spacial score (nSPS) is 10.7. The standard InChI is InChI=1S/C21H21NO4/c1-3-11-26-16-9-10-18-17(12-16)19(20(22-18)21(24)25-4-2)15-7-5-14(13-23)6-8-15/h5-10,12-13,22H,3-4,11H2,1-2H3. The third-order valence-corrected chi connectivity index (χ3v) is 4.06. The summed E-state index contributed by atoms with van der Waals surface area (Å²) >= 11 is 0. The number of ether oxygens (including phenoxy) is 2. The smallest absolute Gasteiger partial charge is 0.355 e. The van der Waals surface area contributed by atoms with Gasteiger partial charge in [0.15, 0.2) is 0 Å². The van der Waals surface area contributed by atoms with Gasteiger partial charge in [0.25, 0.3) is 0 Å². The molecule has 0 aliphatic carbocycles. The van der Waals surface area contributed by atoms with Crippen LogP contribution in [-0.4, -0.2) is 30.5 Å².